The number of hydrazone groups is 1. The smallest absolute Gasteiger partial charge is 0.277 e. The Morgan fingerprint density at radius 1 is 1.21 bits per heavy atom. The molecule has 2 aromatic rings. The molecular weight excluding hydrogens is 350 g/mol. The van der Waals surface area contributed by atoms with E-state index in [2.05, 4.69) is 69.6 Å². The summed E-state index contributed by atoms with van der Waals surface area (Å²) in [4.78, 5) is 12.0. The fourth-order valence-corrected chi connectivity index (χ4v) is 3.01. The van der Waals surface area contributed by atoms with Crippen molar-refractivity contribution >= 4 is 12.1 Å². The summed E-state index contributed by atoms with van der Waals surface area (Å²) in [6.45, 7) is 15.9. The van der Waals surface area contributed by atoms with E-state index in [1.807, 2.05) is 24.3 Å². The topological polar surface area (TPSA) is 55.6 Å². The number of nitrogens with zero attached hydrogens (tertiary/aromatic N) is 2. The van der Waals surface area contributed by atoms with Crippen LogP contribution in [0.4, 0.5) is 0 Å². The molecule has 0 saturated carbocycles. The summed E-state index contributed by atoms with van der Waals surface area (Å²) in [5.41, 5.74) is 7.21. The number of benzene rings is 1. The van der Waals surface area contributed by atoms with Crippen LogP contribution in [0.25, 0.3) is 0 Å². The van der Waals surface area contributed by atoms with Crippen LogP contribution in [-0.2, 0) is 16.8 Å². The molecule has 0 aliphatic rings. The van der Waals surface area contributed by atoms with E-state index < -0.39 is 0 Å². The molecule has 2 rings (SSSR count). The number of hydrogen-bond donors (Lipinski definition) is 1. The molecule has 0 unspecified atom stereocenters. The predicted octanol–water partition coefficient (Wildman–Crippen LogP) is 4.59. The van der Waals surface area contributed by atoms with Crippen LogP contribution in [-0.4, -0.2) is 23.3 Å². The van der Waals surface area contributed by atoms with E-state index in [4.69, 9.17) is 4.74 Å². The first-order valence-electron chi connectivity index (χ1n) is 9.80. The van der Waals surface area contributed by atoms with E-state index in [0.717, 1.165) is 17.8 Å². The van der Waals surface area contributed by atoms with Gasteiger partial charge in [-0.3, -0.25) is 4.79 Å². The Labute approximate surface area is 168 Å². The van der Waals surface area contributed by atoms with Gasteiger partial charge in [-0.25, -0.2) is 5.43 Å². The Balaban J connectivity index is 1.87. The summed E-state index contributed by atoms with van der Waals surface area (Å²) in [7, 11) is 0. The van der Waals surface area contributed by atoms with E-state index in [0.29, 0.717) is 11.7 Å². The maximum absolute atomic E-state index is 12.0. The third-order valence-electron chi connectivity index (χ3n) is 4.64. The van der Waals surface area contributed by atoms with Crippen LogP contribution in [0.1, 0.15) is 57.1 Å². The third-order valence-corrected chi connectivity index (χ3v) is 4.64. The van der Waals surface area contributed by atoms with Crippen molar-refractivity contribution in [1.29, 1.82) is 0 Å². The zero-order valence-corrected chi connectivity index (χ0v) is 18.2. The van der Waals surface area contributed by atoms with Crippen molar-refractivity contribution in [2.24, 2.45) is 11.0 Å². The van der Waals surface area contributed by atoms with Crippen molar-refractivity contribution in [3.8, 4) is 5.75 Å². The average molecular weight is 384 g/mol. The summed E-state index contributed by atoms with van der Waals surface area (Å²) in [5.74, 6) is 0.959. The van der Waals surface area contributed by atoms with E-state index in [1.165, 1.54) is 11.3 Å². The fourth-order valence-electron chi connectivity index (χ4n) is 3.01. The van der Waals surface area contributed by atoms with Crippen LogP contribution >= 0.6 is 0 Å². The van der Waals surface area contributed by atoms with Crippen LogP contribution in [0.5, 0.6) is 5.75 Å². The molecule has 0 aliphatic heterocycles. The van der Waals surface area contributed by atoms with Crippen LogP contribution in [0, 0.1) is 19.8 Å². The first-order chi connectivity index (χ1) is 13.1. The van der Waals surface area contributed by atoms with Gasteiger partial charge in [0, 0.05) is 23.5 Å². The van der Waals surface area contributed by atoms with Gasteiger partial charge in [-0.05, 0) is 48.9 Å². The second-order valence-corrected chi connectivity index (χ2v) is 8.69. The Hall–Kier alpha value is -2.56. The number of ether oxygens (including phenoxy) is 1. The Morgan fingerprint density at radius 2 is 1.86 bits per heavy atom. The first-order valence-corrected chi connectivity index (χ1v) is 9.80. The van der Waals surface area contributed by atoms with E-state index in [9.17, 15) is 4.79 Å². The highest BCUT2D eigenvalue weighted by Crippen LogP contribution is 2.24. The number of carbonyl (C=O) groups is 1. The van der Waals surface area contributed by atoms with Crippen molar-refractivity contribution in [2.75, 3.05) is 6.61 Å². The summed E-state index contributed by atoms with van der Waals surface area (Å²) < 4.78 is 7.81. The minimum absolute atomic E-state index is 0.0709. The average Bonchev–Trinajstić information content (AvgIpc) is 2.87. The molecule has 0 fully saturated rings. The predicted molar refractivity (Wildman–Crippen MR) is 115 cm³/mol. The number of rotatable bonds is 7. The maximum atomic E-state index is 12.0. The molecule has 28 heavy (non-hydrogen) atoms. The van der Waals surface area contributed by atoms with Gasteiger partial charge in [0.25, 0.3) is 5.91 Å². The number of hydrogen-bond acceptors (Lipinski definition) is 3. The van der Waals surface area contributed by atoms with Crippen LogP contribution in [0.2, 0.25) is 0 Å². The molecule has 0 bridgehead atoms. The molecule has 0 radical (unpaired) electrons. The molecule has 1 aromatic heterocycles. The molecule has 5 nitrogen and oxygen atoms in total. The van der Waals surface area contributed by atoms with Crippen molar-refractivity contribution in [1.82, 2.24) is 9.99 Å². The molecule has 0 saturated heterocycles. The van der Waals surface area contributed by atoms with E-state index in [1.54, 1.807) is 6.21 Å². The Morgan fingerprint density at radius 3 is 2.43 bits per heavy atom. The van der Waals surface area contributed by atoms with Gasteiger partial charge >= 0.3 is 0 Å². The molecule has 0 spiro atoms. The maximum Gasteiger partial charge on any atom is 0.277 e. The molecule has 1 aromatic carbocycles. The normalized spacial score (nSPS) is 12.0. The van der Waals surface area contributed by atoms with Crippen molar-refractivity contribution in [2.45, 2.75) is 60.4 Å². The van der Waals surface area contributed by atoms with Gasteiger partial charge in [0.05, 0.1) is 6.21 Å². The standard InChI is InChI=1S/C23H33N3O2/c1-16(2)14-26-17(3)12-19(18(26)4)13-24-25-22(27)15-28-21-10-8-20(9-11-21)23(5,6)7/h8-13,16H,14-15H2,1-7H3,(H,25,27). The molecular formula is C23H33N3O2. The van der Waals surface area contributed by atoms with Gasteiger partial charge in [-0.15, -0.1) is 0 Å². The summed E-state index contributed by atoms with van der Waals surface area (Å²) in [6, 6.07) is 9.92. The van der Waals surface area contributed by atoms with E-state index in [-0.39, 0.29) is 17.9 Å². The van der Waals surface area contributed by atoms with Gasteiger partial charge in [0.1, 0.15) is 5.75 Å². The molecule has 0 atom stereocenters. The number of amides is 1. The summed E-state index contributed by atoms with van der Waals surface area (Å²) >= 11 is 0. The van der Waals surface area contributed by atoms with Crippen molar-refractivity contribution < 1.29 is 9.53 Å². The van der Waals surface area contributed by atoms with Crippen molar-refractivity contribution in [3.63, 3.8) is 0 Å². The lowest BCUT2D eigenvalue weighted by Crippen LogP contribution is -2.24. The van der Waals surface area contributed by atoms with Gasteiger partial charge in [0.2, 0.25) is 0 Å². The monoisotopic (exact) mass is 383 g/mol. The van der Waals surface area contributed by atoms with Crippen LogP contribution in [0.3, 0.4) is 0 Å². The van der Waals surface area contributed by atoms with Gasteiger partial charge < -0.3 is 9.30 Å². The number of nitrogens with one attached hydrogen (secondary N) is 1. The second kappa shape index (κ2) is 9.09. The lowest BCUT2D eigenvalue weighted by Gasteiger charge is -2.19. The quantitative estimate of drug-likeness (QED) is 0.562. The van der Waals surface area contributed by atoms with Crippen LogP contribution < -0.4 is 10.2 Å². The molecule has 0 aliphatic carbocycles. The van der Waals surface area contributed by atoms with Gasteiger partial charge in [-0.2, -0.15) is 5.10 Å². The Bertz CT molecular complexity index is 825. The van der Waals surface area contributed by atoms with Gasteiger partial charge in [-0.1, -0.05) is 46.8 Å². The second-order valence-electron chi connectivity index (χ2n) is 8.69. The lowest BCUT2D eigenvalue weighted by atomic mass is 9.87. The molecule has 5 heteroatoms. The number of carbonyl (C=O) groups excluding carboxylic acids is 1. The molecule has 152 valence electrons. The first kappa shape index (κ1) is 21.7. The zero-order chi connectivity index (χ0) is 20.9. The highest BCUT2D eigenvalue weighted by atomic mass is 16.5. The van der Waals surface area contributed by atoms with Crippen LogP contribution in [0.15, 0.2) is 35.4 Å². The molecule has 1 heterocycles. The minimum atomic E-state index is -0.285. The fraction of sp³-hybridized carbons (Fsp3) is 0.478. The highest BCUT2D eigenvalue weighted by molar-refractivity contribution is 5.84. The highest BCUT2D eigenvalue weighted by Gasteiger charge is 2.13. The molecule has 1 amide bonds. The summed E-state index contributed by atoms with van der Waals surface area (Å²) in [6.07, 6.45) is 1.69. The van der Waals surface area contributed by atoms with Gasteiger partial charge in [0.15, 0.2) is 6.61 Å². The number of aromatic nitrogens is 1. The zero-order valence-electron chi connectivity index (χ0n) is 18.2. The number of aryl methyl sites for hydroxylation is 1. The largest absolute Gasteiger partial charge is 0.484 e. The lowest BCUT2D eigenvalue weighted by molar-refractivity contribution is -0.123. The third kappa shape index (κ3) is 5.98. The molecule has 1 N–H and O–H groups in total. The Kier molecular flexibility index (Phi) is 7.05. The minimum Gasteiger partial charge on any atom is -0.484 e. The SMILES string of the molecule is Cc1cc(C=NNC(=O)COc2ccc(C(C)(C)C)cc2)c(C)n1CC(C)C. The van der Waals surface area contributed by atoms with Crippen molar-refractivity contribution in [3.05, 3.63) is 52.8 Å². The van der Waals surface area contributed by atoms with E-state index >= 15 is 0 Å². The summed E-state index contributed by atoms with van der Waals surface area (Å²) in [5, 5.41) is 4.08.